The lowest BCUT2D eigenvalue weighted by molar-refractivity contribution is -0.121. The van der Waals surface area contributed by atoms with Crippen molar-refractivity contribution in [2.24, 2.45) is 0 Å². The fourth-order valence-electron chi connectivity index (χ4n) is 4.34. The van der Waals surface area contributed by atoms with Gasteiger partial charge >= 0.3 is 0 Å². The lowest BCUT2D eigenvalue weighted by Gasteiger charge is -2.27. The first-order valence-corrected chi connectivity index (χ1v) is 12.9. The number of hydrogen-bond donors (Lipinski definition) is 2. The molecule has 0 spiro atoms. The van der Waals surface area contributed by atoms with Crippen LogP contribution in [0.15, 0.2) is 69.0 Å². The third kappa shape index (κ3) is 5.37. The van der Waals surface area contributed by atoms with E-state index in [1.165, 1.54) is 0 Å². The minimum absolute atomic E-state index is 0.0577. The fourth-order valence-corrected chi connectivity index (χ4v) is 5.31. The van der Waals surface area contributed by atoms with Crippen molar-refractivity contribution < 1.29 is 13.4 Å². The number of rotatable bonds is 7. The molecule has 1 aliphatic rings. The zero-order valence-corrected chi connectivity index (χ0v) is 19.8. The monoisotopic (exact) mass is 491 g/mol. The van der Waals surface area contributed by atoms with E-state index >= 15 is 0 Å². The van der Waals surface area contributed by atoms with E-state index in [9.17, 15) is 13.8 Å². The number of aromatic amines is 1. The second kappa shape index (κ2) is 10.3. The van der Waals surface area contributed by atoms with Gasteiger partial charge in [0.2, 0.25) is 17.7 Å². The standard InChI is InChI=1S/C25H25N5O4S/c31-21(14-15-35(33)25-27-20-9-5-4-8-19(20)22(32)28-25)26-18-12-10-17(11-13-18)24-30-29-23(34-24)16-6-2-1-3-7-16/h1-9,17-18H,10-15H2,(H,26,31)(H,27,28,32). The highest BCUT2D eigenvalue weighted by Gasteiger charge is 2.27. The van der Waals surface area contributed by atoms with Crippen molar-refractivity contribution in [3.05, 3.63) is 70.8 Å². The Balaban J connectivity index is 1.10. The topological polar surface area (TPSA) is 131 Å². The number of amides is 1. The third-order valence-electron chi connectivity index (χ3n) is 6.22. The van der Waals surface area contributed by atoms with Gasteiger partial charge in [-0.05, 0) is 49.9 Å². The number of nitrogens with one attached hydrogen (secondary N) is 2. The second-order valence-electron chi connectivity index (χ2n) is 8.62. The Labute approximate surface area is 203 Å². The van der Waals surface area contributed by atoms with Crippen LogP contribution in [0.2, 0.25) is 0 Å². The molecule has 0 radical (unpaired) electrons. The third-order valence-corrected chi connectivity index (χ3v) is 7.42. The number of carbonyl (C=O) groups excluding carboxylic acids is 1. The van der Waals surface area contributed by atoms with Gasteiger partial charge in [0.05, 0.1) is 21.7 Å². The van der Waals surface area contributed by atoms with Crippen molar-refractivity contribution in [2.45, 2.75) is 49.2 Å². The minimum Gasteiger partial charge on any atom is -0.420 e. The van der Waals surface area contributed by atoms with Gasteiger partial charge < -0.3 is 9.73 Å². The van der Waals surface area contributed by atoms with E-state index in [0.29, 0.717) is 22.7 Å². The van der Waals surface area contributed by atoms with Gasteiger partial charge in [-0.15, -0.1) is 10.2 Å². The lowest BCUT2D eigenvalue weighted by Crippen LogP contribution is -2.37. The number of para-hydroxylation sites is 1. The average Bonchev–Trinajstić information content (AvgIpc) is 3.39. The molecule has 10 heteroatoms. The van der Waals surface area contributed by atoms with Crippen molar-refractivity contribution >= 4 is 27.6 Å². The van der Waals surface area contributed by atoms with Crippen LogP contribution < -0.4 is 10.9 Å². The van der Waals surface area contributed by atoms with Gasteiger partial charge in [0, 0.05) is 29.7 Å². The molecule has 9 nitrogen and oxygen atoms in total. The number of H-pyrrole nitrogens is 1. The van der Waals surface area contributed by atoms with Crippen molar-refractivity contribution in [3.63, 3.8) is 0 Å². The Kier molecular flexibility index (Phi) is 6.80. The SMILES string of the molecule is O=C(CCS(=O)c1nc2ccccc2c(=O)[nH]1)NC1CCC(c2nnc(-c3ccccc3)o2)CC1. The van der Waals surface area contributed by atoms with Crippen LogP contribution in [0.4, 0.5) is 0 Å². The van der Waals surface area contributed by atoms with Gasteiger partial charge in [0.1, 0.15) is 0 Å². The highest BCUT2D eigenvalue weighted by Crippen LogP contribution is 2.33. The summed E-state index contributed by atoms with van der Waals surface area (Å²) >= 11 is 0. The van der Waals surface area contributed by atoms with Gasteiger partial charge in [0.25, 0.3) is 5.56 Å². The summed E-state index contributed by atoms with van der Waals surface area (Å²) in [6.45, 7) is 0. The maximum Gasteiger partial charge on any atom is 0.259 e. The van der Waals surface area contributed by atoms with E-state index in [0.717, 1.165) is 31.2 Å². The molecule has 0 aliphatic heterocycles. The smallest absolute Gasteiger partial charge is 0.259 e. The van der Waals surface area contributed by atoms with Crippen LogP contribution in [0.1, 0.15) is 43.9 Å². The predicted molar refractivity (Wildman–Crippen MR) is 131 cm³/mol. The lowest BCUT2D eigenvalue weighted by atomic mass is 9.86. The molecule has 5 rings (SSSR count). The van der Waals surface area contributed by atoms with E-state index < -0.39 is 10.8 Å². The Morgan fingerprint density at radius 3 is 2.57 bits per heavy atom. The molecule has 1 aliphatic carbocycles. The quantitative estimate of drug-likeness (QED) is 0.379. The van der Waals surface area contributed by atoms with Crippen LogP contribution in [0.3, 0.4) is 0 Å². The van der Waals surface area contributed by atoms with Crippen molar-refractivity contribution in [1.29, 1.82) is 0 Å². The van der Waals surface area contributed by atoms with Gasteiger partial charge in [-0.3, -0.25) is 18.8 Å². The summed E-state index contributed by atoms with van der Waals surface area (Å²) in [5.41, 5.74) is 1.04. The first-order chi connectivity index (χ1) is 17.1. The summed E-state index contributed by atoms with van der Waals surface area (Å²) in [5, 5.41) is 12.0. The Morgan fingerprint density at radius 1 is 1.03 bits per heavy atom. The Hall–Kier alpha value is -3.66. The zero-order valence-electron chi connectivity index (χ0n) is 19.0. The summed E-state index contributed by atoms with van der Waals surface area (Å²) in [5.74, 6) is 1.27. The van der Waals surface area contributed by atoms with Crippen LogP contribution in [-0.4, -0.2) is 42.1 Å². The fraction of sp³-hybridized carbons (Fsp3) is 0.320. The number of aromatic nitrogens is 4. The molecule has 1 fully saturated rings. The molecule has 2 N–H and O–H groups in total. The zero-order chi connectivity index (χ0) is 24.2. The number of hydrogen-bond acceptors (Lipinski definition) is 7. The average molecular weight is 492 g/mol. The van der Waals surface area contributed by atoms with Crippen LogP contribution >= 0.6 is 0 Å². The summed E-state index contributed by atoms with van der Waals surface area (Å²) < 4.78 is 18.5. The normalized spacial score (nSPS) is 18.9. The molecule has 0 saturated heterocycles. The molecule has 1 amide bonds. The van der Waals surface area contributed by atoms with Crippen molar-refractivity contribution in [1.82, 2.24) is 25.5 Å². The predicted octanol–water partition coefficient (Wildman–Crippen LogP) is 3.31. The summed E-state index contributed by atoms with van der Waals surface area (Å²) in [6, 6.07) is 16.6. The Bertz CT molecular complexity index is 1410. The highest BCUT2D eigenvalue weighted by molar-refractivity contribution is 7.84. The molecule has 2 aromatic heterocycles. The molecule has 1 unspecified atom stereocenters. The van der Waals surface area contributed by atoms with Crippen molar-refractivity contribution in [3.8, 4) is 11.5 Å². The van der Waals surface area contributed by atoms with E-state index in [2.05, 4.69) is 25.5 Å². The maximum atomic E-state index is 12.6. The molecule has 1 saturated carbocycles. The van der Waals surface area contributed by atoms with Crippen molar-refractivity contribution in [2.75, 3.05) is 5.75 Å². The molecule has 4 aromatic rings. The molecule has 2 aromatic carbocycles. The number of fused-ring (bicyclic) bond motifs is 1. The molecular weight excluding hydrogens is 466 g/mol. The molecule has 1 atom stereocenters. The van der Waals surface area contributed by atoms with Gasteiger partial charge in [-0.1, -0.05) is 30.3 Å². The van der Waals surface area contributed by atoms with Crippen LogP contribution in [0.5, 0.6) is 0 Å². The molecule has 35 heavy (non-hydrogen) atoms. The van der Waals surface area contributed by atoms with E-state index in [4.69, 9.17) is 4.42 Å². The first-order valence-electron chi connectivity index (χ1n) is 11.6. The van der Waals surface area contributed by atoms with Crippen LogP contribution in [0.25, 0.3) is 22.4 Å². The van der Waals surface area contributed by atoms with Gasteiger partial charge in [0.15, 0.2) is 5.16 Å². The molecule has 0 bridgehead atoms. The first kappa shape index (κ1) is 23.1. The molecule has 2 heterocycles. The van der Waals surface area contributed by atoms with Crippen LogP contribution in [-0.2, 0) is 15.6 Å². The van der Waals surface area contributed by atoms with E-state index in [1.54, 1.807) is 24.3 Å². The summed E-state index contributed by atoms with van der Waals surface area (Å²) in [4.78, 5) is 31.5. The number of carbonyl (C=O) groups is 1. The number of benzene rings is 2. The summed E-state index contributed by atoms with van der Waals surface area (Å²) in [6.07, 6.45) is 3.39. The number of nitrogens with zero attached hydrogens (tertiary/aromatic N) is 3. The van der Waals surface area contributed by atoms with E-state index in [1.807, 2.05) is 30.3 Å². The summed E-state index contributed by atoms with van der Waals surface area (Å²) in [7, 11) is -1.58. The largest absolute Gasteiger partial charge is 0.420 e. The second-order valence-corrected chi connectivity index (χ2v) is 10.1. The van der Waals surface area contributed by atoms with E-state index in [-0.39, 0.29) is 40.8 Å². The molecule has 180 valence electrons. The maximum absolute atomic E-state index is 12.6. The highest BCUT2D eigenvalue weighted by atomic mass is 32.2. The van der Waals surface area contributed by atoms with Gasteiger partial charge in [-0.2, -0.15) is 0 Å². The van der Waals surface area contributed by atoms with Gasteiger partial charge in [-0.25, -0.2) is 4.98 Å². The molecular formula is C25H25N5O4S. The minimum atomic E-state index is -1.58. The Morgan fingerprint density at radius 2 is 1.77 bits per heavy atom. The van der Waals surface area contributed by atoms with Crippen LogP contribution in [0, 0.1) is 0 Å².